The van der Waals surface area contributed by atoms with Gasteiger partial charge in [-0.05, 0) is 25.3 Å². The van der Waals surface area contributed by atoms with E-state index in [1.807, 2.05) is 0 Å². The summed E-state index contributed by atoms with van der Waals surface area (Å²) in [7, 11) is 1.37. The molecule has 0 bridgehead atoms. The van der Waals surface area contributed by atoms with Crippen molar-refractivity contribution in [2.75, 3.05) is 13.7 Å². The van der Waals surface area contributed by atoms with Gasteiger partial charge in [-0.3, -0.25) is 4.79 Å². The molecule has 0 heterocycles. The molecular weight excluding hydrogens is 194 g/mol. The number of aliphatic hydroxyl groups excluding tert-OH is 1. The predicted octanol–water partition coefficient (Wildman–Crippen LogP) is -0.0730. The quantitative estimate of drug-likeness (QED) is 0.625. The first kappa shape index (κ1) is 12.7. The molecule has 3 atom stereocenters. The van der Waals surface area contributed by atoms with Crippen LogP contribution < -0.4 is 5.73 Å². The number of hydrogen-bond acceptors (Lipinski definition) is 4. The Bertz CT molecular complexity index is 177. The lowest BCUT2D eigenvalue weighted by Gasteiger charge is -2.09. The zero-order chi connectivity index (χ0) is 9.14. The summed E-state index contributed by atoms with van der Waals surface area (Å²) in [5.74, 6) is -0.322. The average molecular weight is 210 g/mol. The smallest absolute Gasteiger partial charge is 0.308 e. The maximum atomic E-state index is 11.0. The predicted molar refractivity (Wildman–Crippen MR) is 50.5 cm³/mol. The van der Waals surface area contributed by atoms with E-state index in [0.717, 1.165) is 0 Å². The summed E-state index contributed by atoms with van der Waals surface area (Å²) in [6.07, 6.45) is 0.720. The van der Waals surface area contributed by atoms with Crippen LogP contribution in [0.5, 0.6) is 0 Å². The second-order valence-electron chi connectivity index (χ2n) is 3.25. The third-order valence-corrected chi connectivity index (χ3v) is 2.49. The van der Waals surface area contributed by atoms with Gasteiger partial charge in [0.15, 0.2) is 0 Å². The number of halogens is 1. The minimum Gasteiger partial charge on any atom is -0.469 e. The van der Waals surface area contributed by atoms with E-state index >= 15 is 0 Å². The molecule has 0 aromatic heterocycles. The van der Waals surface area contributed by atoms with Crippen molar-refractivity contribution >= 4 is 18.4 Å². The Kier molecular flexibility index (Phi) is 5.29. The van der Waals surface area contributed by atoms with Gasteiger partial charge < -0.3 is 15.6 Å². The van der Waals surface area contributed by atoms with E-state index in [1.165, 1.54) is 7.11 Å². The number of aliphatic hydroxyl groups is 1. The van der Waals surface area contributed by atoms with Crippen molar-refractivity contribution in [2.45, 2.75) is 18.9 Å². The molecule has 3 N–H and O–H groups in total. The van der Waals surface area contributed by atoms with Crippen molar-refractivity contribution in [3.63, 3.8) is 0 Å². The molecule has 1 rings (SSSR count). The van der Waals surface area contributed by atoms with Crippen LogP contribution in [-0.2, 0) is 9.53 Å². The summed E-state index contributed by atoms with van der Waals surface area (Å²) >= 11 is 0. The van der Waals surface area contributed by atoms with Crippen molar-refractivity contribution in [1.29, 1.82) is 0 Å². The second-order valence-corrected chi connectivity index (χ2v) is 3.25. The van der Waals surface area contributed by atoms with Gasteiger partial charge >= 0.3 is 5.97 Å². The molecule has 1 saturated carbocycles. The van der Waals surface area contributed by atoms with Crippen LogP contribution in [0.4, 0.5) is 0 Å². The molecule has 0 aromatic rings. The van der Waals surface area contributed by atoms with Crippen LogP contribution in [0.3, 0.4) is 0 Å². The van der Waals surface area contributed by atoms with E-state index in [4.69, 9.17) is 5.73 Å². The summed E-state index contributed by atoms with van der Waals surface area (Å²) < 4.78 is 4.58. The Balaban J connectivity index is 0.00000144. The normalized spacial score (nSPS) is 32.4. The highest BCUT2D eigenvalue weighted by molar-refractivity contribution is 5.85. The molecule has 1 aliphatic carbocycles. The highest BCUT2D eigenvalue weighted by Crippen LogP contribution is 2.31. The Morgan fingerprint density at radius 1 is 1.62 bits per heavy atom. The van der Waals surface area contributed by atoms with Crippen LogP contribution in [0.2, 0.25) is 0 Å². The van der Waals surface area contributed by atoms with E-state index in [0.29, 0.717) is 19.4 Å². The molecule has 1 fully saturated rings. The van der Waals surface area contributed by atoms with Crippen molar-refractivity contribution in [3.05, 3.63) is 0 Å². The largest absolute Gasteiger partial charge is 0.469 e. The Morgan fingerprint density at radius 2 is 2.23 bits per heavy atom. The van der Waals surface area contributed by atoms with Gasteiger partial charge in [0.1, 0.15) is 0 Å². The summed E-state index contributed by atoms with van der Waals surface area (Å²) in [6.45, 7) is 0.439. The number of nitrogens with two attached hydrogens (primary N) is 1. The molecule has 78 valence electrons. The van der Waals surface area contributed by atoms with Crippen LogP contribution in [0.15, 0.2) is 0 Å². The maximum absolute atomic E-state index is 11.0. The van der Waals surface area contributed by atoms with E-state index in [-0.39, 0.29) is 30.2 Å². The number of hydrogen-bond donors (Lipinski definition) is 2. The van der Waals surface area contributed by atoms with E-state index in [1.54, 1.807) is 0 Å². The van der Waals surface area contributed by atoms with Gasteiger partial charge in [0.05, 0.1) is 19.1 Å². The van der Waals surface area contributed by atoms with Crippen LogP contribution in [0.1, 0.15) is 12.8 Å². The molecule has 0 saturated heterocycles. The molecule has 5 heteroatoms. The zero-order valence-electron chi connectivity index (χ0n) is 7.60. The minimum absolute atomic E-state index is 0. The van der Waals surface area contributed by atoms with Gasteiger partial charge in [-0.25, -0.2) is 0 Å². The Hall–Kier alpha value is -0.320. The molecule has 4 nitrogen and oxygen atoms in total. The number of carbonyl (C=O) groups excluding carboxylic acids is 1. The van der Waals surface area contributed by atoms with Crippen LogP contribution in [0, 0.1) is 11.8 Å². The number of carbonyl (C=O) groups is 1. The molecule has 13 heavy (non-hydrogen) atoms. The molecule has 1 unspecified atom stereocenters. The van der Waals surface area contributed by atoms with Crippen LogP contribution in [-0.4, -0.2) is 30.8 Å². The lowest BCUT2D eigenvalue weighted by atomic mass is 10.1. The number of rotatable bonds is 2. The topological polar surface area (TPSA) is 72.5 Å². The average Bonchev–Trinajstić information content (AvgIpc) is 2.45. The fraction of sp³-hybridized carbons (Fsp3) is 0.875. The van der Waals surface area contributed by atoms with Crippen molar-refractivity contribution in [3.8, 4) is 0 Å². The lowest BCUT2D eigenvalue weighted by Crippen LogP contribution is -2.21. The van der Waals surface area contributed by atoms with Gasteiger partial charge in [0.2, 0.25) is 0 Å². The van der Waals surface area contributed by atoms with Gasteiger partial charge in [-0.1, -0.05) is 0 Å². The Morgan fingerprint density at radius 3 is 2.62 bits per heavy atom. The van der Waals surface area contributed by atoms with Gasteiger partial charge in [0, 0.05) is 0 Å². The molecule has 0 aromatic carbocycles. The first-order chi connectivity index (χ1) is 5.69. The molecule has 0 aliphatic heterocycles. The minimum atomic E-state index is -0.431. The molecule has 0 amide bonds. The summed E-state index contributed by atoms with van der Waals surface area (Å²) in [6, 6.07) is 0. The van der Waals surface area contributed by atoms with Gasteiger partial charge in [-0.2, -0.15) is 0 Å². The number of methoxy groups -OCH3 is 1. The third kappa shape index (κ3) is 2.83. The molecular formula is C8H16ClNO3. The number of ether oxygens (including phenoxy) is 1. The van der Waals surface area contributed by atoms with Crippen LogP contribution >= 0.6 is 12.4 Å². The standard InChI is InChI=1S/C8H15NO3.ClH/c1-12-8(11)5-2-6(4-9)7(10)3-5;/h5-7,10H,2-4,9H2,1H3;1H/t5-,6-,7?;/m0./s1. The zero-order valence-corrected chi connectivity index (χ0v) is 8.42. The first-order valence-electron chi connectivity index (χ1n) is 4.15. The highest BCUT2D eigenvalue weighted by Gasteiger charge is 2.36. The second kappa shape index (κ2) is 5.42. The molecule has 0 spiro atoms. The monoisotopic (exact) mass is 209 g/mol. The van der Waals surface area contributed by atoms with Crippen molar-refractivity contribution in [2.24, 2.45) is 17.6 Å². The van der Waals surface area contributed by atoms with Gasteiger partial charge in [-0.15, -0.1) is 12.4 Å². The molecule has 1 aliphatic rings. The summed E-state index contributed by atoms with van der Waals surface area (Å²) in [4.78, 5) is 11.0. The summed E-state index contributed by atoms with van der Waals surface area (Å²) in [5.41, 5.74) is 5.42. The number of esters is 1. The SMILES string of the molecule is COC(=O)[C@@H]1CC(O)[C@H](CN)C1.Cl. The lowest BCUT2D eigenvalue weighted by molar-refractivity contribution is -0.145. The van der Waals surface area contributed by atoms with Gasteiger partial charge in [0.25, 0.3) is 0 Å². The molecule has 0 radical (unpaired) electrons. The third-order valence-electron chi connectivity index (χ3n) is 2.49. The fourth-order valence-electron chi connectivity index (χ4n) is 1.72. The van der Waals surface area contributed by atoms with E-state index in [9.17, 15) is 9.90 Å². The Labute approximate surface area is 83.9 Å². The van der Waals surface area contributed by atoms with Crippen molar-refractivity contribution in [1.82, 2.24) is 0 Å². The van der Waals surface area contributed by atoms with E-state index in [2.05, 4.69) is 4.74 Å². The maximum Gasteiger partial charge on any atom is 0.308 e. The van der Waals surface area contributed by atoms with E-state index < -0.39 is 6.10 Å². The summed E-state index contributed by atoms with van der Waals surface area (Å²) in [5, 5.41) is 9.42. The van der Waals surface area contributed by atoms with Crippen LogP contribution in [0.25, 0.3) is 0 Å². The highest BCUT2D eigenvalue weighted by atomic mass is 35.5. The first-order valence-corrected chi connectivity index (χ1v) is 4.15. The fourth-order valence-corrected chi connectivity index (χ4v) is 1.72. The van der Waals surface area contributed by atoms with Crippen molar-refractivity contribution < 1.29 is 14.6 Å².